The summed E-state index contributed by atoms with van der Waals surface area (Å²) in [5.41, 5.74) is 3.52. The lowest BCUT2D eigenvalue weighted by atomic mass is 9.91. The number of methoxy groups -OCH3 is 1. The standard InChI is InChI=1S/C26H28N6O3/c1-17-16-32(26(33)29-23-8-9-24(34-2)31-30-23)11-10-20(17)12-18-4-3-5-22(13-18)35-25-27-14-21(15-28-25)19-6-7-19/h3-5,8-9,12-15,17,19H,6-7,10-11,16H2,1-2H3,(H,29,30,33). The van der Waals surface area contributed by atoms with E-state index in [-0.39, 0.29) is 11.9 Å². The molecule has 1 saturated heterocycles. The van der Waals surface area contributed by atoms with Crippen molar-refractivity contribution < 1.29 is 14.3 Å². The van der Waals surface area contributed by atoms with Crippen LogP contribution in [0.5, 0.6) is 17.6 Å². The van der Waals surface area contributed by atoms with Gasteiger partial charge in [0.1, 0.15) is 5.75 Å². The summed E-state index contributed by atoms with van der Waals surface area (Å²) < 4.78 is 10.9. The maximum Gasteiger partial charge on any atom is 0.323 e. The molecule has 1 atom stereocenters. The van der Waals surface area contributed by atoms with Crippen LogP contribution in [-0.4, -0.2) is 51.3 Å². The summed E-state index contributed by atoms with van der Waals surface area (Å²) >= 11 is 0. The molecular weight excluding hydrogens is 444 g/mol. The molecule has 1 aliphatic carbocycles. The van der Waals surface area contributed by atoms with Crippen molar-refractivity contribution in [3.8, 4) is 17.6 Å². The molecule has 0 spiro atoms. The number of amides is 2. The number of nitrogens with zero attached hydrogens (tertiary/aromatic N) is 5. The number of benzene rings is 1. The van der Waals surface area contributed by atoms with Gasteiger partial charge in [0, 0.05) is 31.5 Å². The number of carbonyl (C=O) groups excluding carboxylic acids is 1. The van der Waals surface area contributed by atoms with E-state index in [4.69, 9.17) is 9.47 Å². The molecule has 5 rings (SSSR count). The maximum absolute atomic E-state index is 12.7. The number of nitrogens with one attached hydrogen (secondary N) is 1. The molecule has 1 unspecified atom stereocenters. The zero-order valence-corrected chi connectivity index (χ0v) is 19.8. The molecule has 2 amide bonds. The van der Waals surface area contributed by atoms with E-state index in [1.165, 1.54) is 31.1 Å². The summed E-state index contributed by atoms with van der Waals surface area (Å²) in [7, 11) is 1.52. The van der Waals surface area contributed by atoms with Gasteiger partial charge in [0.15, 0.2) is 5.82 Å². The minimum absolute atomic E-state index is 0.182. The van der Waals surface area contributed by atoms with E-state index >= 15 is 0 Å². The van der Waals surface area contributed by atoms with Crippen molar-refractivity contribution in [3.63, 3.8) is 0 Å². The van der Waals surface area contributed by atoms with E-state index in [9.17, 15) is 4.79 Å². The summed E-state index contributed by atoms with van der Waals surface area (Å²) in [5.74, 6) is 2.34. The quantitative estimate of drug-likeness (QED) is 0.544. The van der Waals surface area contributed by atoms with Crippen LogP contribution in [0, 0.1) is 5.92 Å². The fraction of sp³-hybridized carbons (Fsp3) is 0.346. The third-order valence-electron chi connectivity index (χ3n) is 6.29. The van der Waals surface area contributed by atoms with E-state index in [2.05, 4.69) is 38.5 Å². The van der Waals surface area contributed by atoms with Gasteiger partial charge in [-0.2, -0.15) is 0 Å². The Bertz CT molecular complexity index is 1210. The highest BCUT2D eigenvalue weighted by molar-refractivity contribution is 5.88. The Balaban J connectivity index is 1.19. The molecule has 0 bridgehead atoms. The van der Waals surface area contributed by atoms with Gasteiger partial charge in [-0.1, -0.05) is 30.7 Å². The lowest BCUT2D eigenvalue weighted by Gasteiger charge is -2.33. The van der Waals surface area contributed by atoms with E-state index in [0.29, 0.717) is 42.5 Å². The Hall–Kier alpha value is -4.01. The molecule has 1 saturated carbocycles. The number of carbonyl (C=O) groups is 1. The van der Waals surface area contributed by atoms with E-state index in [1.54, 1.807) is 17.0 Å². The molecule has 0 radical (unpaired) electrons. The van der Waals surface area contributed by atoms with Gasteiger partial charge in [-0.05, 0) is 60.4 Å². The fourth-order valence-corrected chi connectivity index (χ4v) is 4.13. The Morgan fingerprint density at radius 3 is 2.66 bits per heavy atom. The third-order valence-corrected chi connectivity index (χ3v) is 6.29. The van der Waals surface area contributed by atoms with Crippen LogP contribution in [0.1, 0.15) is 43.2 Å². The monoisotopic (exact) mass is 472 g/mol. The van der Waals surface area contributed by atoms with Gasteiger partial charge in [0.05, 0.1) is 7.11 Å². The Morgan fingerprint density at radius 2 is 1.97 bits per heavy atom. The lowest BCUT2D eigenvalue weighted by molar-refractivity contribution is 0.197. The van der Waals surface area contributed by atoms with Crippen LogP contribution in [0.3, 0.4) is 0 Å². The van der Waals surface area contributed by atoms with Crippen LogP contribution < -0.4 is 14.8 Å². The molecule has 1 N–H and O–H groups in total. The second-order valence-corrected chi connectivity index (χ2v) is 8.96. The molecular formula is C26H28N6O3. The third kappa shape index (κ3) is 5.74. The smallest absolute Gasteiger partial charge is 0.323 e. The van der Waals surface area contributed by atoms with Gasteiger partial charge < -0.3 is 14.4 Å². The number of ether oxygens (including phenoxy) is 2. The number of urea groups is 1. The zero-order valence-electron chi connectivity index (χ0n) is 19.8. The molecule has 1 aliphatic heterocycles. The number of rotatable bonds is 6. The average molecular weight is 473 g/mol. The van der Waals surface area contributed by atoms with Crippen molar-refractivity contribution in [2.45, 2.75) is 32.1 Å². The summed E-state index contributed by atoms with van der Waals surface area (Å²) in [6, 6.07) is 11.4. The molecule has 1 aromatic carbocycles. The van der Waals surface area contributed by atoms with E-state index in [0.717, 1.165) is 12.0 Å². The summed E-state index contributed by atoms with van der Waals surface area (Å²) in [6.07, 6.45) is 9.13. The lowest BCUT2D eigenvalue weighted by Crippen LogP contribution is -2.42. The van der Waals surface area contributed by atoms with Gasteiger partial charge in [-0.25, -0.2) is 14.8 Å². The minimum atomic E-state index is -0.182. The van der Waals surface area contributed by atoms with Crippen LogP contribution in [0.25, 0.3) is 6.08 Å². The first-order chi connectivity index (χ1) is 17.1. The number of anilines is 1. The highest BCUT2D eigenvalue weighted by Gasteiger charge is 2.25. The van der Waals surface area contributed by atoms with Crippen molar-refractivity contribution in [1.82, 2.24) is 25.1 Å². The number of likely N-dealkylation sites (tertiary alicyclic amines) is 1. The Morgan fingerprint density at radius 1 is 1.14 bits per heavy atom. The average Bonchev–Trinajstić information content (AvgIpc) is 3.72. The van der Waals surface area contributed by atoms with Crippen LogP contribution in [0.4, 0.5) is 10.6 Å². The maximum atomic E-state index is 12.7. The molecule has 3 aromatic rings. The van der Waals surface area contributed by atoms with Gasteiger partial charge in [-0.3, -0.25) is 5.32 Å². The molecule has 2 fully saturated rings. The normalized spacial score (nSPS) is 18.9. The Labute approximate surface area is 204 Å². The molecule has 180 valence electrons. The van der Waals surface area contributed by atoms with Crippen LogP contribution >= 0.6 is 0 Å². The zero-order chi connectivity index (χ0) is 24.2. The van der Waals surface area contributed by atoms with Crippen molar-refractivity contribution >= 4 is 17.9 Å². The minimum Gasteiger partial charge on any atom is -0.480 e. The van der Waals surface area contributed by atoms with Gasteiger partial charge in [0.2, 0.25) is 5.88 Å². The number of hydrogen-bond donors (Lipinski definition) is 1. The van der Waals surface area contributed by atoms with Crippen molar-refractivity contribution in [1.29, 1.82) is 0 Å². The topological polar surface area (TPSA) is 102 Å². The molecule has 3 heterocycles. The van der Waals surface area contributed by atoms with Crippen molar-refractivity contribution in [3.05, 3.63) is 65.5 Å². The molecule has 35 heavy (non-hydrogen) atoms. The van der Waals surface area contributed by atoms with E-state index in [1.807, 2.05) is 36.7 Å². The van der Waals surface area contributed by atoms with Crippen molar-refractivity contribution in [2.75, 3.05) is 25.5 Å². The van der Waals surface area contributed by atoms with Crippen LogP contribution in [0.15, 0.2) is 54.4 Å². The predicted molar refractivity (Wildman–Crippen MR) is 131 cm³/mol. The van der Waals surface area contributed by atoms with Crippen LogP contribution in [-0.2, 0) is 0 Å². The fourth-order valence-electron chi connectivity index (χ4n) is 4.13. The molecule has 9 heteroatoms. The van der Waals surface area contributed by atoms with Crippen LogP contribution in [0.2, 0.25) is 0 Å². The number of piperidine rings is 1. The number of aromatic nitrogens is 4. The van der Waals surface area contributed by atoms with Gasteiger partial charge >= 0.3 is 12.0 Å². The summed E-state index contributed by atoms with van der Waals surface area (Å²) in [5, 5.41) is 10.6. The first-order valence-corrected chi connectivity index (χ1v) is 11.8. The second-order valence-electron chi connectivity index (χ2n) is 8.96. The Kier molecular flexibility index (Phi) is 6.56. The molecule has 2 aromatic heterocycles. The second kappa shape index (κ2) is 10.1. The first-order valence-electron chi connectivity index (χ1n) is 11.8. The highest BCUT2D eigenvalue weighted by atomic mass is 16.5. The first kappa shape index (κ1) is 22.8. The summed E-state index contributed by atoms with van der Waals surface area (Å²) in [6.45, 7) is 3.38. The molecule has 9 nitrogen and oxygen atoms in total. The predicted octanol–water partition coefficient (Wildman–Crippen LogP) is 4.90. The largest absolute Gasteiger partial charge is 0.480 e. The SMILES string of the molecule is COc1ccc(NC(=O)N2CCC(=Cc3cccc(Oc4ncc(C5CC5)cn4)c3)C(C)C2)nn1. The van der Waals surface area contributed by atoms with Gasteiger partial charge in [0.25, 0.3) is 0 Å². The molecule has 2 aliphatic rings. The van der Waals surface area contributed by atoms with E-state index < -0.39 is 0 Å². The van der Waals surface area contributed by atoms with Gasteiger partial charge in [-0.15, -0.1) is 10.2 Å². The summed E-state index contributed by atoms with van der Waals surface area (Å²) in [4.78, 5) is 23.2. The number of hydrogen-bond acceptors (Lipinski definition) is 7. The van der Waals surface area contributed by atoms with Crippen molar-refractivity contribution in [2.24, 2.45) is 5.92 Å². The highest BCUT2D eigenvalue weighted by Crippen LogP contribution is 2.39.